The SMILES string of the molecule is CN1C2CCC1CC(C(=O)c1cnccc1N)C2. The largest absolute Gasteiger partial charge is 0.398 e. The van der Waals surface area contributed by atoms with E-state index < -0.39 is 0 Å². The maximum atomic E-state index is 12.5. The predicted octanol–water partition coefficient (Wildman–Crippen LogP) is 1.72. The van der Waals surface area contributed by atoms with Crippen LogP contribution in [0, 0.1) is 5.92 Å². The number of nitrogens with two attached hydrogens (primary N) is 1. The highest BCUT2D eigenvalue weighted by molar-refractivity contribution is 6.02. The fourth-order valence-corrected chi connectivity index (χ4v) is 3.46. The highest BCUT2D eigenvalue weighted by Crippen LogP contribution is 2.38. The number of carbonyl (C=O) groups is 1. The zero-order chi connectivity index (χ0) is 12.7. The molecule has 2 N–H and O–H groups in total. The van der Waals surface area contributed by atoms with Gasteiger partial charge in [-0.15, -0.1) is 0 Å². The van der Waals surface area contributed by atoms with E-state index in [1.165, 1.54) is 12.8 Å². The van der Waals surface area contributed by atoms with Crippen molar-refractivity contribution in [1.82, 2.24) is 9.88 Å². The van der Waals surface area contributed by atoms with Crippen LogP contribution in [-0.4, -0.2) is 34.8 Å². The van der Waals surface area contributed by atoms with Crippen LogP contribution in [0.2, 0.25) is 0 Å². The summed E-state index contributed by atoms with van der Waals surface area (Å²) in [6.45, 7) is 0. The fraction of sp³-hybridized carbons (Fsp3) is 0.571. The molecule has 18 heavy (non-hydrogen) atoms. The molecule has 4 nitrogen and oxygen atoms in total. The zero-order valence-corrected chi connectivity index (χ0v) is 10.7. The summed E-state index contributed by atoms with van der Waals surface area (Å²) in [4.78, 5) is 19.0. The minimum atomic E-state index is 0.130. The number of Topliss-reactive ketones (excluding diaryl/α,β-unsaturated/α-hetero) is 1. The Balaban J connectivity index is 1.81. The van der Waals surface area contributed by atoms with Crippen molar-refractivity contribution in [3.05, 3.63) is 24.0 Å². The Morgan fingerprint density at radius 2 is 2.06 bits per heavy atom. The number of fused-ring (bicyclic) bond motifs is 2. The standard InChI is InChI=1S/C14H19N3O/c1-17-10-2-3-11(17)7-9(6-10)14(18)12-8-16-5-4-13(12)15/h4-5,8-11H,2-3,6-7H2,1H3,(H2,15,16). The van der Waals surface area contributed by atoms with Crippen LogP contribution in [0.4, 0.5) is 5.69 Å². The molecule has 2 bridgehead atoms. The number of carbonyl (C=O) groups excluding carboxylic acids is 1. The number of pyridine rings is 1. The Hall–Kier alpha value is -1.42. The van der Waals surface area contributed by atoms with E-state index >= 15 is 0 Å². The van der Waals surface area contributed by atoms with Gasteiger partial charge in [0.25, 0.3) is 0 Å². The minimum Gasteiger partial charge on any atom is -0.398 e. The molecular formula is C14H19N3O. The number of piperidine rings is 1. The van der Waals surface area contributed by atoms with Gasteiger partial charge in [0.15, 0.2) is 5.78 Å². The van der Waals surface area contributed by atoms with Crippen molar-refractivity contribution in [3.63, 3.8) is 0 Å². The summed E-state index contributed by atoms with van der Waals surface area (Å²) >= 11 is 0. The summed E-state index contributed by atoms with van der Waals surface area (Å²) in [5.41, 5.74) is 7.03. The molecule has 3 rings (SSSR count). The molecule has 0 amide bonds. The lowest BCUT2D eigenvalue weighted by atomic mass is 9.85. The molecule has 4 heteroatoms. The summed E-state index contributed by atoms with van der Waals surface area (Å²) in [7, 11) is 2.18. The summed E-state index contributed by atoms with van der Waals surface area (Å²) in [5.74, 6) is 0.316. The maximum Gasteiger partial charge on any atom is 0.169 e. The topological polar surface area (TPSA) is 59.2 Å². The number of anilines is 1. The summed E-state index contributed by atoms with van der Waals surface area (Å²) in [6.07, 6.45) is 7.64. The monoisotopic (exact) mass is 245 g/mol. The number of nitrogen functional groups attached to an aromatic ring is 1. The van der Waals surface area contributed by atoms with Crippen molar-refractivity contribution >= 4 is 11.5 Å². The van der Waals surface area contributed by atoms with Crippen molar-refractivity contribution < 1.29 is 4.79 Å². The Bertz CT molecular complexity index is 460. The van der Waals surface area contributed by atoms with Gasteiger partial charge in [0.05, 0.1) is 5.56 Å². The number of nitrogens with zero attached hydrogens (tertiary/aromatic N) is 2. The van der Waals surface area contributed by atoms with Gasteiger partial charge in [-0.2, -0.15) is 0 Å². The number of ketones is 1. The van der Waals surface area contributed by atoms with Gasteiger partial charge in [0, 0.05) is 36.1 Å². The molecule has 96 valence electrons. The average Bonchev–Trinajstić information content (AvgIpc) is 2.61. The molecular weight excluding hydrogens is 226 g/mol. The Kier molecular flexibility index (Phi) is 2.82. The zero-order valence-electron chi connectivity index (χ0n) is 10.7. The Morgan fingerprint density at radius 3 is 2.67 bits per heavy atom. The van der Waals surface area contributed by atoms with Gasteiger partial charge < -0.3 is 10.6 Å². The van der Waals surface area contributed by atoms with Gasteiger partial charge >= 0.3 is 0 Å². The highest BCUT2D eigenvalue weighted by atomic mass is 16.1. The summed E-state index contributed by atoms with van der Waals surface area (Å²) in [5, 5.41) is 0. The number of hydrogen-bond acceptors (Lipinski definition) is 4. The third kappa shape index (κ3) is 1.81. The second-order valence-corrected chi connectivity index (χ2v) is 5.55. The Labute approximate surface area is 107 Å². The second kappa shape index (κ2) is 4.35. The van der Waals surface area contributed by atoms with E-state index in [-0.39, 0.29) is 11.7 Å². The third-order valence-corrected chi connectivity index (χ3v) is 4.59. The molecule has 2 saturated heterocycles. The van der Waals surface area contributed by atoms with Crippen LogP contribution in [-0.2, 0) is 0 Å². The lowest BCUT2D eigenvalue weighted by Crippen LogP contribution is -2.42. The first kappa shape index (κ1) is 11.7. The van der Waals surface area contributed by atoms with E-state index in [4.69, 9.17) is 5.73 Å². The molecule has 0 aromatic carbocycles. The lowest BCUT2D eigenvalue weighted by Gasteiger charge is -2.35. The van der Waals surface area contributed by atoms with E-state index in [1.807, 2.05) is 0 Å². The van der Waals surface area contributed by atoms with Gasteiger partial charge in [-0.05, 0) is 38.8 Å². The predicted molar refractivity (Wildman–Crippen MR) is 70.3 cm³/mol. The van der Waals surface area contributed by atoms with Crippen LogP contribution in [0.5, 0.6) is 0 Å². The van der Waals surface area contributed by atoms with E-state index in [0.717, 1.165) is 12.8 Å². The Morgan fingerprint density at radius 1 is 1.39 bits per heavy atom. The number of aromatic nitrogens is 1. The van der Waals surface area contributed by atoms with Crippen molar-refractivity contribution in [2.45, 2.75) is 37.8 Å². The molecule has 3 heterocycles. The minimum absolute atomic E-state index is 0.130. The van der Waals surface area contributed by atoms with Crippen LogP contribution < -0.4 is 5.73 Å². The third-order valence-electron chi connectivity index (χ3n) is 4.59. The maximum absolute atomic E-state index is 12.5. The normalized spacial score (nSPS) is 31.5. The molecule has 1 aromatic heterocycles. The quantitative estimate of drug-likeness (QED) is 0.806. The summed E-state index contributed by atoms with van der Waals surface area (Å²) < 4.78 is 0. The van der Waals surface area contributed by atoms with E-state index in [9.17, 15) is 4.79 Å². The van der Waals surface area contributed by atoms with Crippen LogP contribution in [0.25, 0.3) is 0 Å². The number of hydrogen-bond donors (Lipinski definition) is 1. The van der Waals surface area contributed by atoms with Crippen molar-refractivity contribution in [1.29, 1.82) is 0 Å². The molecule has 2 aliphatic heterocycles. The van der Waals surface area contributed by atoms with E-state index in [2.05, 4.69) is 16.9 Å². The molecule has 0 spiro atoms. The van der Waals surface area contributed by atoms with Crippen LogP contribution in [0.1, 0.15) is 36.0 Å². The summed E-state index contributed by atoms with van der Waals surface area (Å²) in [6, 6.07) is 2.86. The molecule has 2 atom stereocenters. The van der Waals surface area contributed by atoms with Crippen molar-refractivity contribution in [2.75, 3.05) is 12.8 Å². The first-order chi connectivity index (χ1) is 8.66. The molecule has 2 unspecified atom stereocenters. The van der Waals surface area contributed by atoms with Crippen LogP contribution in [0.3, 0.4) is 0 Å². The van der Waals surface area contributed by atoms with Gasteiger partial charge in [0.1, 0.15) is 0 Å². The van der Waals surface area contributed by atoms with Gasteiger partial charge in [-0.3, -0.25) is 9.78 Å². The first-order valence-corrected chi connectivity index (χ1v) is 6.62. The molecule has 0 aliphatic carbocycles. The number of rotatable bonds is 2. The smallest absolute Gasteiger partial charge is 0.169 e. The van der Waals surface area contributed by atoms with Crippen molar-refractivity contribution in [3.8, 4) is 0 Å². The molecule has 1 aromatic rings. The second-order valence-electron chi connectivity index (χ2n) is 5.55. The fourth-order valence-electron chi connectivity index (χ4n) is 3.46. The van der Waals surface area contributed by atoms with E-state index in [1.54, 1.807) is 18.5 Å². The lowest BCUT2D eigenvalue weighted by molar-refractivity contribution is 0.0767. The highest BCUT2D eigenvalue weighted by Gasteiger charge is 2.41. The van der Waals surface area contributed by atoms with Gasteiger partial charge in [-0.25, -0.2) is 0 Å². The van der Waals surface area contributed by atoms with Crippen LogP contribution >= 0.6 is 0 Å². The van der Waals surface area contributed by atoms with Gasteiger partial charge in [-0.1, -0.05) is 0 Å². The van der Waals surface area contributed by atoms with Crippen molar-refractivity contribution in [2.24, 2.45) is 5.92 Å². The molecule has 0 radical (unpaired) electrons. The first-order valence-electron chi connectivity index (χ1n) is 6.62. The van der Waals surface area contributed by atoms with E-state index in [0.29, 0.717) is 23.3 Å². The average molecular weight is 245 g/mol. The van der Waals surface area contributed by atoms with Crippen LogP contribution in [0.15, 0.2) is 18.5 Å². The molecule has 0 saturated carbocycles. The molecule has 2 aliphatic rings. The molecule has 2 fully saturated rings. The van der Waals surface area contributed by atoms with Gasteiger partial charge in [0.2, 0.25) is 0 Å².